The zero-order valence-electron chi connectivity index (χ0n) is 11.2. The molecular formula is C16H15N3O. The molecule has 20 heavy (non-hydrogen) atoms. The largest absolute Gasteiger partial charge is 0.455 e. The van der Waals surface area contributed by atoms with Crippen LogP contribution in [0.2, 0.25) is 0 Å². The molecule has 2 aromatic heterocycles. The normalized spacial score (nSPS) is 12.3. The van der Waals surface area contributed by atoms with Crippen molar-refractivity contribution in [3.8, 4) is 11.5 Å². The molecule has 4 nitrogen and oxygen atoms in total. The van der Waals surface area contributed by atoms with Crippen LogP contribution in [0.5, 0.6) is 11.5 Å². The topological polar surface area (TPSA) is 61.0 Å². The summed E-state index contributed by atoms with van der Waals surface area (Å²) in [6.45, 7) is 1.90. The van der Waals surface area contributed by atoms with Gasteiger partial charge in [0.05, 0.1) is 17.4 Å². The van der Waals surface area contributed by atoms with Crippen molar-refractivity contribution in [3.63, 3.8) is 0 Å². The van der Waals surface area contributed by atoms with Crippen molar-refractivity contribution < 1.29 is 4.74 Å². The van der Waals surface area contributed by atoms with Gasteiger partial charge in [0.1, 0.15) is 11.5 Å². The Morgan fingerprint density at radius 1 is 1.05 bits per heavy atom. The van der Waals surface area contributed by atoms with E-state index >= 15 is 0 Å². The molecule has 0 fully saturated rings. The van der Waals surface area contributed by atoms with E-state index in [1.165, 1.54) is 0 Å². The second kappa shape index (κ2) is 5.27. The van der Waals surface area contributed by atoms with Gasteiger partial charge in [-0.3, -0.25) is 9.97 Å². The van der Waals surface area contributed by atoms with Crippen LogP contribution in [-0.4, -0.2) is 9.97 Å². The predicted octanol–water partition coefficient (Wildman–Crippen LogP) is 3.44. The molecule has 1 atom stereocenters. The van der Waals surface area contributed by atoms with E-state index in [4.69, 9.17) is 10.5 Å². The summed E-state index contributed by atoms with van der Waals surface area (Å²) in [7, 11) is 0. The first-order chi connectivity index (χ1) is 9.74. The van der Waals surface area contributed by atoms with Crippen LogP contribution in [0.25, 0.3) is 10.9 Å². The van der Waals surface area contributed by atoms with E-state index in [9.17, 15) is 0 Å². The molecule has 0 unspecified atom stereocenters. The highest BCUT2D eigenvalue weighted by Crippen LogP contribution is 2.28. The number of hydrogen-bond donors (Lipinski definition) is 1. The SMILES string of the molecule is C[C@@H](N)c1ccc(Oc2cccc3ncccc23)cn1. The van der Waals surface area contributed by atoms with E-state index in [0.717, 1.165) is 22.3 Å². The summed E-state index contributed by atoms with van der Waals surface area (Å²) < 4.78 is 5.88. The molecule has 4 heteroatoms. The van der Waals surface area contributed by atoms with Gasteiger partial charge in [-0.05, 0) is 43.3 Å². The van der Waals surface area contributed by atoms with E-state index in [1.54, 1.807) is 12.4 Å². The smallest absolute Gasteiger partial charge is 0.145 e. The highest BCUT2D eigenvalue weighted by atomic mass is 16.5. The number of nitrogens with two attached hydrogens (primary N) is 1. The van der Waals surface area contributed by atoms with Crippen LogP contribution in [-0.2, 0) is 0 Å². The average Bonchev–Trinajstić information content (AvgIpc) is 2.48. The van der Waals surface area contributed by atoms with Crippen molar-refractivity contribution in [2.45, 2.75) is 13.0 Å². The fourth-order valence-corrected chi connectivity index (χ4v) is 2.01. The lowest BCUT2D eigenvalue weighted by molar-refractivity contribution is 0.485. The number of rotatable bonds is 3. The Hall–Kier alpha value is -2.46. The van der Waals surface area contributed by atoms with Crippen LogP contribution in [0.4, 0.5) is 0 Å². The van der Waals surface area contributed by atoms with E-state index in [2.05, 4.69) is 9.97 Å². The summed E-state index contributed by atoms with van der Waals surface area (Å²) in [5, 5.41) is 0.978. The summed E-state index contributed by atoms with van der Waals surface area (Å²) in [4.78, 5) is 8.60. The summed E-state index contributed by atoms with van der Waals surface area (Å²) >= 11 is 0. The monoisotopic (exact) mass is 265 g/mol. The van der Waals surface area contributed by atoms with Gasteiger partial charge in [0, 0.05) is 17.6 Å². The number of nitrogens with zero attached hydrogens (tertiary/aromatic N) is 2. The summed E-state index contributed by atoms with van der Waals surface area (Å²) in [5.41, 5.74) is 7.53. The van der Waals surface area contributed by atoms with Crippen molar-refractivity contribution >= 4 is 10.9 Å². The Balaban J connectivity index is 1.93. The molecule has 100 valence electrons. The van der Waals surface area contributed by atoms with Crippen LogP contribution in [0.15, 0.2) is 54.9 Å². The predicted molar refractivity (Wildman–Crippen MR) is 78.7 cm³/mol. The first-order valence-corrected chi connectivity index (χ1v) is 6.47. The van der Waals surface area contributed by atoms with E-state index in [-0.39, 0.29) is 6.04 Å². The van der Waals surface area contributed by atoms with Crippen molar-refractivity contribution in [2.75, 3.05) is 0 Å². The van der Waals surface area contributed by atoms with Gasteiger partial charge in [-0.25, -0.2) is 0 Å². The van der Waals surface area contributed by atoms with Gasteiger partial charge < -0.3 is 10.5 Å². The van der Waals surface area contributed by atoms with Crippen LogP contribution < -0.4 is 10.5 Å². The molecule has 0 spiro atoms. The number of hydrogen-bond acceptors (Lipinski definition) is 4. The molecule has 1 aromatic carbocycles. The Labute approximate surface area is 117 Å². The molecule has 0 aliphatic carbocycles. The van der Waals surface area contributed by atoms with Crippen LogP contribution in [0.1, 0.15) is 18.7 Å². The third kappa shape index (κ3) is 2.46. The Morgan fingerprint density at radius 2 is 1.95 bits per heavy atom. The maximum absolute atomic E-state index is 5.88. The van der Waals surface area contributed by atoms with Crippen LogP contribution >= 0.6 is 0 Å². The highest BCUT2D eigenvalue weighted by molar-refractivity contribution is 5.85. The zero-order chi connectivity index (χ0) is 13.9. The molecule has 0 saturated carbocycles. The molecule has 2 N–H and O–H groups in total. The molecule has 3 aromatic rings. The Morgan fingerprint density at radius 3 is 2.70 bits per heavy atom. The van der Waals surface area contributed by atoms with Crippen LogP contribution in [0, 0.1) is 0 Å². The fraction of sp³-hybridized carbons (Fsp3) is 0.125. The lowest BCUT2D eigenvalue weighted by atomic mass is 10.2. The van der Waals surface area contributed by atoms with Crippen molar-refractivity contribution in [1.82, 2.24) is 9.97 Å². The molecule has 0 bridgehead atoms. The number of ether oxygens (including phenoxy) is 1. The van der Waals surface area contributed by atoms with Gasteiger partial charge in [0.15, 0.2) is 0 Å². The number of benzene rings is 1. The van der Waals surface area contributed by atoms with Crippen LogP contribution in [0.3, 0.4) is 0 Å². The Bertz CT molecular complexity index is 718. The molecule has 0 saturated heterocycles. The maximum atomic E-state index is 5.88. The lowest BCUT2D eigenvalue weighted by Crippen LogP contribution is -2.06. The van der Waals surface area contributed by atoms with Gasteiger partial charge in [-0.2, -0.15) is 0 Å². The van der Waals surface area contributed by atoms with Gasteiger partial charge in [-0.1, -0.05) is 6.07 Å². The van der Waals surface area contributed by atoms with Crippen molar-refractivity contribution in [3.05, 3.63) is 60.6 Å². The molecular weight excluding hydrogens is 250 g/mol. The average molecular weight is 265 g/mol. The molecule has 0 aliphatic rings. The third-order valence-electron chi connectivity index (χ3n) is 3.06. The van der Waals surface area contributed by atoms with Gasteiger partial charge >= 0.3 is 0 Å². The lowest BCUT2D eigenvalue weighted by Gasteiger charge is -2.09. The molecule has 0 amide bonds. The number of aromatic nitrogens is 2. The first kappa shape index (κ1) is 12.6. The minimum absolute atomic E-state index is 0.0780. The van der Waals surface area contributed by atoms with Gasteiger partial charge in [-0.15, -0.1) is 0 Å². The van der Waals surface area contributed by atoms with E-state index in [1.807, 2.05) is 49.4 Å². The molecule has 0 aliphatic heterocycles. The fourth-order valence-electron chi connectivity index (χ4n) is 2.01. The van der Waals surface area contributed by atoms with Crippen molar-refractivity contribution in [2.24, 2.45) is 5.73 Å². The third-order valence-corrected chi connectivity index (χ3v) is 3.06. The first-order valence-electron chi connectivity index (χ1n) is 6.47. The second-order valence-corrected chi connectivity index (χ2v) is 4.64. The summed E-state index contributed by atoms with van der Waals surface area (Å²) in [5.74, 6) is 1.46. The number of pyridine rings is 2. The summed E-state index contributed by atoms with van der Waals surface area (Å²) in [6, 6.07) is 13.4. The zero-order valence-corrected chi connectivity index (χ0v) is 11.2. The number of fused-ring (bicyclic) bond motifs is 1. The van der Waals surface area contributed by atoms with Crippen molar-refractivity contribution in [1.29, 1.82) is 0 Å². The minimum atomic E-state index is -0.0780. The molecule has 2 heterocycles. The van der Waals surface area contributed by atoms with E-state index in [0.29, 0.717) is 5.75 Å². The molecule has 3 rings (SSSR count). The second-order valence-electron chi connectivity index (χ2n) is 4.64. The quantitative estimate of drug-likeness (QED) is 0.788. The molecule has 0 radical (unpaired) electrons. The highest BCUT2D eigenvalue weighted by Gasteiger charge is 2.05. The summed E-state index contributed by atoms with van der Waals surface area (Å²) in [6.07, 6.45) is 3.46. The standard InChI is InChI=1S/C16H15N3O/c1-11(17)14-8-7-12(10-19-14)20-16-6-2-5-15-13(16)4-3-9-18-15/h2-11H,17H2,1H3/t11-/m1/s1. The Kier molecular flexibility index (Phi) is 3.31. The van der Waals surface area contributed by atoms with E-state index < -0.39 is 0 Å². The van der Waals surface area contributed by atoms with Gasteiger partial charge in [0.25, 0.3) is 0 Å². The maximum Gasteiger partial charge on any atom is 0.145 e. The minimum Gasteiger partial charge on any atom is -0.455 e. The van der Waals surface area contributed by atoms with Gasteiger partial charge in [0.2, 0.25) is 0 Å².